The number of rotatable bonds is 6. The first kappa shape index (κ1) is 13.1. The van der Waals surface area contributed by atoms with Crippen molar-refractivity contribution in [2.24, 2.45) is 5.92 Å². The fourth-order valence-electron chi connectivity index (χ4n) is 2.40. The molecule has 1 atom stereocenters. The molecule has 0 amide bonds. The van der Waals surface area contributed by atoms with Crippen LogP contribution in [-0.4, -0.2) is 17.3 Å². The molecule has 5 heteroatoms. The molecule has 5 nitrogen and oxygen atoms in total. The molecule has 0 spiro atoms. The molecular weight excluding hydrogens is 254 g/mol. The first-order chi connectivity index (χ1) is 9.78. The second-order valence-electron chi connectivity index (χ2n) is 5.24. The zero-order valence-corrected chi connectivity index (χ0v) is 11.6. The zero-order chi connectivity index (χ0) is 13.9. The van der Waals surface area contributed by atoms with Crippen molar-refractivity contribution >= 4 is 5.69 Å². The Hall–Kier alpha value is -1.88. The summed E-state index contributed by atoms with van der Waals surface area (Å²) in [6.07, 6.45) is 3.85. The van der Waals surface area contributed by atoms with Crippen LogP contribution < -0.4 is 5.73 Å². The van der Waals surface area contributed by atoms with E-state index < -0.39 is 0 Å². The van der Waals surface area contributed by atoms with E-state index in [2.05, 4.69) is 10.1 Å². The fourth-order valence-corrected chi connectivity index (χ4v) is 2.40. The first-order valence-corrected chi connectivity index (χ1v) is 6.96. The number of para-hydroxylation sites is 1. The first-order valence-electron chi connectivity index (χ1n) is 6.96. The molecule has 20 heavy (non-hydrogen) atoms. The zero-order valence-electron chi connectivity index (χ0n) is 11.6. The van der Waals surface area contributed by atoms with E-state index in [4.69, 9.17) is 15.0 Å². The van der Waals surface area contributed by atoms with Crippen molar-refractivity contribution in [2.45, 2.75) is 31.8 Å². The van der Waals surface area contributed by atoms with Crippen LogP contribution in [0, 0.1) is 5.92 Å². The Kier molecular flexibility index (Phi) is 3.69. The van der Waals surface area contributed by atoms with Gasteiger partial charge in [-0.1, -0.05) is 23.4 Å². The summed E-state index contributed by atoms with van der Waals surface area (Å²) in [6.45, 7) is 0. The van der Waals surface area contributed by atoms with Crippen LogP contribution in [0.1, 0.15) is 36.2 Å². The number of hydrogen-bond donors (Lipinski definition) is 1. The van der Waals surface area contributed by atoms with E-state index in [-0.39, 0.29) is 6.10 Å². The molecule has 2 aromatic rings. The van der Waals surface area contributed by atoms with Gasteiger partial charge in [-0.3, -0.25) is 0 Å². The van der Waals surface area contributed by atoms with Crippen LogP contribution >= 0.6 is 0 Å². The van der Waals surface area contributed by atoms with Gasteiger partial charge in [0.25, 0.3) is 0 Å². The molecule has 0 aliphatic heterocycles. The second kappa shape index (κ2) is 5.63. The summed E-state index contributed by atoms with van der Waals surface area (Å²) in [5, 5.41) is 4.04. The molecule has 0 radical (unpaired) electrons. The molecule has 3 rings (SSSR count). The van der Waals surface area contributed by atoms with Crippen LogP contribution in [-0.2, 0) is 17.6 Å². The monoisotopic (exact) mass is 273 g/mol. The number of methoxy groups -OCH3 is 1. The minimum absolute atomic E-state index is 0.0192. The van der Waals surface area contributed by atoms with E-state index in [1.807, 2.05) is 24.3 Å². The summed E-state index contributed by atoms with van der Waals surface area (Å²) < 4.78 is 10.8. The van der Waals surface area contributed by atoms with Gasteiger partial charge < -0.3 is 15.0 Å². The lowest BCUT2D eigenvalue weighted by atomic mass is 10.1. The van der Waals surface area contributed by atoms with Crippen LogP contribution in [0.2, 0.25) is 0 Å². The van der Waals surface area contributed by atoms with Crippen LogP contribution in [0.5, 0.6) is 0 Å². The predicted octanol–water partition coefficient (Wildman–Crippen LogP) is 2.53. The smallest absolute Gasteiger partial charge is 0.227 e. The molecule has 1 unspecified atom stereocenters. The van der Waals surface area contributed by atoms with Gasteiger partial charge in [0.2, 0.25) is 11.7 Å². The lowest BCUT2D eigenvalue weighted by molar-refractivity contribution is 0.0751. The second-order valence-corrected chi connectivity index (χ2v) is 5.24. The summed E-state index contributed by atoms with van der Waals surface area (Å²) in [5.74, 6) is 1.87. The van der Waals surface area contributed by atoms with Crippen molar-refractivity contribution in [3.63, 3.8) is 0 Å². The van der Waals surface area contributed by atoms with E-state index >= 15 is 0 Å². The highest BCUT2D eigenvalue weighted by atomic mass is 16.5. The molecule has 0 saturated heterocycles. The third-order valence-corrected chi connectivity index (χ3v) is 3.71. The number of aryl methyl sites for hydroxylation is 2. The van der Waals surface area contributed by atoms with Crippen molar-refractivity contribution in [2.75, 3.05) is 12.8 Å². The van der Waals surface area contributed by atoms with Crippen molar-refractivity contribution in [3.8, 4) is 0 Å². The molecule has 106 valence electrons. The van der Waals surface area contributed by atoms with E-state index in [1.165, 1.54) is 12.8 Å². The van der Waals surface area contributed by atoms with E-state index in [1.54, 1.807) is 7.11 Å². The van der Waals surface area contributed by atoms with E-state index in [9.17, 15) is 0 Å². The summed E-state index contributed by atoms with van der Waals surface area (Å²) >= 11 is 0. The number of aromatic nitrogens is 2. The third kappa shape index (κ3) is 2.82. The number of nitrogens with two attached hydrogens (primary N) is 1. The average Bonchev–Trinajstić information content (AvgIpc) is 3.18. The van der Waals surface area contributed by atoms with Gasteiger partial charge in [-0.05, 0) is 36.8 Å². The van der Waals surface area contributed by atoms with Crippen molar-refractivity contribution < 1.29 is 9.26 Å². The minimum atomic E-state index is -0.0192. The van der Waals surface area contributed by atoms with Crippen LogP contribution in [0.15, 0.2) is 28.8 Å². The molecule has 1 aromatic carbocycles. The predicted molar refractivity (Wildman–Crippen MR) is 75.0 cm³/mol. The molecule has 1 saturated carbocycles. The van der Waals surface area contributed by atoms with E-state index in [0.29, 0.717) is 24.1 Å². The molecule has 1 aliphatic carbocycles. The van der Waals surface area contributed by atoms with Gasteiger partial charge in [0.1, 0.15) is 6.10 Å². The van der Waals surface area contributed by atoms with Gasteiger partial charge >= 0.3 is 0 Å². The highest BCUT2D eigenvalue weighted by molar-refractivity contribution is 5.46. The van der Waals surface area contributed by atoms with Crippen LogP contribution in [0.25, 0.3) is 0 Å². The molecule has 1 aliphatic rings. The van der Waals surface area contributed by atoms with Gasteiger partial charge in [-0.25, -0.2) is 0 Å². The maximum absolute atomic E-state index is 5.92. The normalized spacial score (nSPS) is 16.2. The fraction of sp³-hybridized carbons (Fsp3) is 0.467. The number of ether oxygens (including phenoxy) is 1. The molecule has 2 N–H and O–H groups in total. The maximum atomic E-state index is 5.92. The topological polar surface area (TPSA) is 74.2 Å². The minimum Gasteiger partial charge on any atom is -0.399 e. The van der Waals surface area contributed by atoms with E-state index in [0.717, 1.165) is 17.7 Å². The summed E-state index contributed by atoms with van der Waals surface area (Å²) in [7, 11) is 1.70. The number of nitrogens with zero attached hydrogens (tertiary/aromatic N) is 2. The number of nitrogen functional groups attached to an aromatic ring is 1. The summed E-state index contributed by atoms with van der Waals surface area (Å²) in [4.78, 5) is 4.44. The highest BCUT2D eigenvalue weighted by Gasteiger charge is 2.35. The number of benzene rings is 1. The third-order valence-electron chi connectivity index (χ3n) is 3.71. The Labute approximate surface area is 118 Å². The Morgan fingerprint density at radius 2 is 2.15 bits per heavy atom. The lowest BCUT2D eigenvalue weighted by Gasteiger charge is -2.08. The average molecular weight is 273 g/mol. The quantitative estimate of drug-likeness (QED) is 0.819. The Morgan fingerprint density at radius 3 is 2.85 bits per heavy atom. The molecule has 1 aromatic heterocycles. The Bertz CT molecular complexity index is 578. The van der Waals surface area contributed by atoms with Gasteiger partial charge in [-0.2, -0.15) is 4.98 Å². The van der Waals surface area contributed by atoms with Crippen molar-refractivity contribution in [1.82, 2.24) is 10.1 Å². The molecule has 0 bridgehead atoms. The standard InChI is InChI=1S/C15H19N3O2/c1-19-14(11-6-7-11)15-17-13(20-18-15)9-8-10-4-2-3-5-12(10)16/h2-5,11,14H,6-9,16H2,1H3. The summed E-state index contributed by atoms with van der Waals surface area (Å²) in [5.41, 5.74) is 7.84. The molecular formula is C15H19N3O2. The van der Waals surface area contributed by atoms with Crippen LogP contribution in [0.3, 0.4) is 0 Å². The van der Waals surface area contributed by atoms with Gasteiger partial charge in [0.15, 0.2) is 0 Å². The number of anilines is 1. The van der Waals surface area contributed by atoms with Gasteiger partial charge in [0.05, 0.1) is 0 Å². The summed E-state index contributed by atoms with van der Waals surface area (Å²) in [6, 6.07) is 7.85. The highest BCUT2D eigenvalue weighted by Crippen LogP contribution is 2.41. The van der Waals surface area contributed by atoms with Gasteiger partial charge in [0, 0.05) is 19.2 Å². The molecule has 1 heterocycles. The van der Waals surface area contributed by atoms with Crippen molar-refractivity contribution in [1.29, 1.82) is 0 Å². The number of hydrogen-bond acceptors (Lipinski definition) is 5. The maximum Gasteiger partial charge on any atom is 0.227 e. The van der Waals surface area contributed by atoms with Gasteiger partial charge in [-0.15, -0.1) is 0 Å². The Balaban J connectivity index is 1.64. The lowest BCUT2D eigenvalue weighted by Crippen LogP contribution is -2.06. The Morgan fingerprint density at radius 1 is 1.35 bits per heavy atom. The SMILES string of the molecule is COC(c1noc(CCc2ccccc2N)n1)C1CC1. The molecule has 1 fully saturated rings. The van der Waals surface area contributed by atoms with Crippen molar-refractivity contribution in [3.05, 3.63) is 41.5 Å². The largest absolute Gasteiger partial charge is 0.399 e. The van der Waals surface area contributed by atoms with Crippen LogP contribution in [0.4, 0.5) is 5.69 Å².